The van der Waals surface area contributed by atoms with E-state index in [1.807, 2.05) is 37.3 Å². The molecule has 0 fully saturated rings. The number of carbonyl (C=O) groups is 1. The average Bonchev–Trinajstić information content (AvgIpc) is 2.82. The largest absolute Gasteiger partial charge is 0.508 e. The number of carbonyl (C=O) groups excluding carboxylic acids is 1. The van der Waals surface area contributed by atoms with E-state index in [9.17, 15) is 14.7 Å². The van der Waals surface area contributed by atoms with E-state index in [2.05, 4.69) is 15.5 Å². The van der Waals surface area contributed by atoms with Crippen LogP contribution in [-0.4, -0.2) is 32.0 Å². The molecule has 0 aliphatic heterocycles. The van der Waals surface area contributed by atoms with Gasteiger partial charge in [0.1, 0.15) is 5.75 Å². The van der Waals surface area contributed by atoms with E-state index in [1.54, 1.807) is 49.4 Å². The number of nitrogens with zero attached hydrogens (tertiary/aromatic N) is 3. The molecule has 0 aliphatic carbocycles. The number of fused-ring (bicyclic) bond motifs is 1. The number of benzene rings is 3. The molecule has 3 aromatic carbocycles. The second-order valence-electron chi connectivity index (χ2n) is 7.46. The summed E-state index contributed by atoms with van der Waals surface area (Å²) in [4.78, 5) is 30.3. The van der Waals surface area contributed by atoms with Crippen molar-refractivity contribution in [2.24, 2.45) is 5.10 Å². The van der Waals surface area contributed by atoms with Crippen molar-refractivity contribution in [3.63, 3.8) is 0 Å². The number of nitrogens with one attached hydrogen (secondary N) is 1. The van der Waals surface area contributed by atoms with Crippen LogP contribution in [-0.2, 0) is 4.79 Å². The van der Waals surface area contributed by atoms with Crippen molar-refractivity contribution in [1.29, 1.82) is 0 Å². The second kappa shape index (κ2) is 9.70. The molecule has 166 valence electrons. The van der Waals surface area contributed by atoms with E-state index in [-0.39, 0.29) is 23.0 Å². The zero-order valence-electron chi connectivity index (χ0n) is 18.1. The third-order valence-corrected chi connectivity index (χ3v) is 5.92. The third kappa shape index (κ3) is 5.12. The quantitative estimate of drug-likeness (QED) is 0.197. The van der Waals surface area contributed by atoms with Crippen molar-refractivity contribution in [1.82, 2.24) is 15.0 Å². The van der Waals surface area contributed by atoms with Crippen molar-refractivity contribution < 1.29 is 9.90 Å². The first-order chi connectivity index (χ1) is 15.9. The zero-order chi connectivity index (χ0) is 23.4. The van der Waals surface area contributed by atoms with Gasteiger partial charge in [-0.25, -0.2) is 10.4 Å². The number of rotatable bonds is 6. The maximum atomic E-state index is 13.2. The van der Waals surface area contributed by atoms with Gasteiger partial charge in [0, 0.05) is 5.56 Å². The van der Waals surface area contributed by atoms with Crippen LogP contribution in [0.1, 0.15) is 18.1 Å². The van der Waals surface area contributed by atoms with Gasteiger partial charge in [-0.2, -0.15) is 5.10 Å². The number of phenols is 1. The van der Waals surface area contributed by atoms with Gasteiger partial charge in [0.25, 0.3) is 11.5 Å². The number of aromatic hydroxyl groups is 1. The highest BCUT2D eigenvalue weighted by molar-refractivity contribution is 7.99. The van der Waals surface area contributed by atoms with Crippen molar-refractivity contribution >= 4 is 34.3 Å². The monoisotopic (exact) mass is 458 g/mol. The smallest absolute Gasteiger partial charge is 0.266 e. The maximum Gasteiger partial charge on any atom is 0.266 e. The van der Waals surface area contributed by atoms with Crippen LogP contribution in [0.3, 0.4) is 0 Å². The van der Waals surface area contributed by atoms with Crippen LogP contribution in [0.25, 0.3) is 16.6 Å². The molecular formula is C25H22N4O3S. The molecular weight excluding hydrogens is 436 g/mol. The second-order valence-corrected chi connectivity index (χ2v) is 8.40. The normalized spacial score (nSPS) is 11.5. The van der Waals surface area contributed by atoms with E-state index in [0.717, 1.165) is 17.3 Å². The summed E-state index contributed by atoms with van der Waals surface area (Å²) in [6.45, 7) is 3.71. The lowest BCUT2D eigenvalue weighted by atomic mass is 10.1. The van der Waals surface area contributed by atoms with Gasteiger partial charge >= 0.3 is 0 Å². The molecule has 4 rings (SSSR count). The fraction of sp³-hybridized carbons (Fsp3) is 0.120. The van der Waals surface area contributed by atoms with Crippen LogP contribution in [0.15, 0.2) is 87.8 Å². The summed E-state index contributed by atoms with van der Waals surface area (Å²) in [5, 5.41) is 14.6. The Labute approximate surface area is 194 Å². The molecule has 0 atom stereocenters. The van der Waals surface area contributed by atoms with Crippen LogP contribution >= 0.6 is 11.8 Å². The van der Waals surface area contributed by atoms with Gasteiger partial charge in [0.2, 0.25) is 0 Å². The fourth-order valence-corrected chi connectivity index (χ4v) is 4.04. The number of aromatic nitrogens is 2. The Morgan fingerprint density at radius 2 is 1.85 bits per heavy atom. The minimum atomic E-state index is -0.336. The number of para-hydroxylation sites is 1. The minimum absolute atomic E-state index is 0.0213. The lowest BCUT2D eigenvalue weighted by Gasteiger charge is -2.13. The molecule has 0 bridgehead atoms. The molecule has 2 N–H and O–H groups in total. The van der Waals surface area contributed by atoms with E-state index < -0.39 is 0 Å². The molecule has 0 unspecified atom stereocenters. The standard InChI is InChI=1S/C25H22N4O3S/c1-16-10-12-19(13-11-16)29-24(32)21-8-3-4-9-22(21)26-25(29)33-15-23(31)28-27-17(2)18-6-5-7-20(30)14-18/h3-14,30H,15H2,1-2H3,(H,28,31)/b27-17+. The maximum absolute atomic E-state index is 13.2. The summed E-state index contributed by atoms with van der Waals surface area (Å²) in [6.07, 6.45) is 0. The Morgan fingerprint density at radius 3 is 2.61 bits per heavy atom. The lowest BCUT2D eigenvalue weighted by molar-refractivity contribution is -0.118. The molecule has 1 aromatic heterocycles. The van der Waals surface area contributed by atoms with Crippen LogP contribution < -0.4 is 11.0 Å². The molecule has 33 heavy (non-hydrogen) atoms. The van der Waals surface area contributed by atoms with E-state index in [0.29, 0.717) is 33.0 Å². The number of hydrogen-bond acceptors (Lipinski definition) is 6. The summed E-state index contributed by atoms with van der Waals surface area (Å²) in [5.41, 5.74) is 5.93. The molecule has 0 saturated heterocycles. The molecule has 1 heterocycles. The van der Waals surface area contributed by atoms with Gasteiger partial charge in [-0.05, 0) is 50.2 Å². The Hall–Kier alpha value is -3.91. The summed E-state index contributed by atoms with van der Waals surface area (Å²) in [5.74, 6) is -0.189. The van der Waals surface area contributed by atoms with Gasteiger partial charge in [-0.3, -0.25) is 14.2 Å². The predicted octanol–water partition coefficient (Wildman–Crippen LogP) is 4.03. The number of thioether (sulfide) groups is 1. The Kier molecular flexibility index (Phi) is 6.55. The molecule has 0 aliphatic rings. The molecule has 8 heteroatoms. The van der Waals surface area contributed by atoms with Crippen molar-refractivity contribution in [2.45, 2.75) is 19.0 Å². The number of hydrazone groups is 1. The summed E-state index contributed by atoms with van der Waals surface area (Å²) in [7, 11) is 0. The highest BCUT2D eigenvalue weighted by Gasteiger charge is 2.15. The van der Waals surface area contributed by atoms with Crippen LogP contribution in [0.4, 0.5) is 0 Å². The van der Waals surface area contributed by atoms with Gasteiger partial charge in [-0.1, -0.05) is 53.7 Å². The SMILES string of the molecule is C/C(=N\NC(=O)CSc1nc2ccccc2c(=O)n1-c1ccc(C)cc1)c1cccc(O)c1. The third-order valence-electron chi connectivity index (χ3n) is 4.98. The first kappa shape index (κ1) is 22.3. The van der Waals surface area contributed by atoms with Crippen molar-refractivity contribution in [3.8, 4) is 11.4 Å². The predicted molar refractivity (Wildman–Crippen MR) is 131 cm³/mol. The molecule has 0 spiro atoms. The van der Waals surface area contributed by atoms with E-state index >= 15 is 0 Å². The average molecular weight is 459 g/mol. The van der Waals surface area contributed by atoms with Gasteiger partial charge in [0.15, 0.2) is 5.16 Å². The number of amides is 1. The highest BCUT2D eigenvalue weighted by atomic mass is 32.2. The van der Waals surface area contributed by atoms with E-state index in [4.69, 9.17) is 0 Å². The van der Waals surface area contributed by atoms with E-state index in [1.165, 1.54) is 4.57 Å². The molecule has 7 nitrogen and oxygen atoms in total. The van der Waals surface area contributed by atoms with Gasteiger partial charge in [0.05, 0.1) is 28.1 Å². The Morgan fingerprint density at radius 1 is 1.09 bits per heavy atom. The number of aryl methyl sites for hydroxylation is 1. The molecule has 1 amide bonds. The van der Waals surface area contributed by atoms with Gasteiger partial charge < -0.3 is 5.11 Å². The zero-order valence-corrected chi connectivity index (χ0v) is 19.0. The number of phenolic OH excluding ortho intramolecular Hbond substituents is 1. The van der Waals surface area contributed by atoms with Gasteiger partial charge in [-0.15, -0.1) is 0 Å². The number of hydrogen-bond donors (Lipinski definition) is 2. The first-order valence-corrected chi connectivity index (χ1v) is 11.2. The summed E-state index contributed by atoms with van der Waals surface area (Å²) >= 11 is 1.16. The molecule has 0 saturated carbocycles. The van der Waals surface area contributed by atoms with Crippen LogP contribution in [0.2, 0.25) is 0 Å². The van der Waals surface area contributed by atoms with Crippen LogP contribution in [0.5, 0.6) is 5.75 Å². The molecule has 4 aromatic rings. The lowest BCUT2D eigenvalue weighted by Crippen LogP contribution is -2.24. The minimum Gasteiger partial charge on any atom is -0.508 e. The Bertz CT molecular complexity index is 1410. The fourth-order valence-electron chi connectivity index (χ4n) is 3.23. The molecule has 0 radical (unpaired) electrons. The first-order valence-electron chi connectivity index (χ1n) is 10.3. The highest BCUT2D eigenvalue weighted by Crippen LogP contribution is 2.21. The van der Waals surface area contributed by atoms with Crippen molar-refractivity contribution in [3.05, 3.63) is 94.3 Å². The van der Waals surface area contributed by atoms with Crippen molar-refractivity contribution in [2.75, 3.05) is 5.75 Å². The van der Waals surface area contributed by atoms with Crippen LogP contribution in [0, 0.1) is 6.92 Å². The summed E-state index contributed by atoms with van der Waals surface area (Å²) in [6, 6.07) is 21.4. The topological polar surface area (TPSA) is 96.6 Å². The summed E-state index contributed by atoms with van der Waals surface area (Å²) < 4.78 is 1.53. The Balaban J connectivity index is 1.58.